The number of nitroso groups, excluding NO2 is 1. The van der Waals surface area contributed by atoms with E-state index in [2.05, 4.69) is 14.9 Å². The van der Waals surface area contributed by atoms with Gasteiger partial charge in [-0.15, -0.1) is 4.91 Å². The van der Waals surface area contributed by atoms with Gasteiger partial charge in [-0.25, -0.2) is 4.79 Å². The molecule has 2 aromatic rings. The van der Waals surface area contributed by atoms with Crippen molar-refractivity contribution in [2.45, 2.75) is 6.04 Å². The van der Waals surface area contributed by atoms with Crippen LogP contribution in [0.2, 0.25) is 0 Å². The third kappa shape index (κ3) is 2.77. The van der Waals surface area contributed by atoms with E-state index in [1.165, 1.54) is 0 Å². The van der Waals surface area contributed by atoms with Crippen LogP contribution in [0.25, 0.3) is 11.1 Å². The molecule has 2 rings (SSSR count). The van der Waals surface area contributed by atoms with Crippen LogP contribution in [-0.2, 0) is 4.79 Å². The van der Waals surface area contributed by atoms with Crippen LogP contribution in [0.1, 0.15) is 0 Å². The Hall–Kier alpha value is -2.09. The lowest BCUT2D eigenvalue weighted by Crippen LogP contribution is -2.31. The van der Waals surface area contributed by atoms with Crippen molar-refractivity contribution >= 4 is 35.0 Å². The maximum atomic E-state index is 10.9. The first kappa shape index (κ1) is 12.4. The number of nitrogens with one attached hydrogen (secondary N) is 1. The van der Waals surface area contributed by atoms with E-state index in [4.69, 9.17) is 9.52 Å². The minimum Gasteiger partial charge on any atom is -0.480 e. The van der Waals surface area contributed by atoms with Gasteiger partial charge in [-0.2, -0.15) is 4.98 Å². The Bertz CT molecular complexity index is 538. The summed E-state index contributed by atoms with van der Waals surface area (Å²) in [6.45, 7) is 0. The highest BCUT2D eigenvalue weighted by atomic mass is 32.2. The van der Waals surface area contributed by atoms with Crippen molar-refractivity contribution in [3.63, 3.8) is 0 Å². The molecule has 0 radical (unpaired) electrons. The summed E-state index contributed by atoms with van der Waals surface area (Å²) in [6.07, 6.45) is 0. The normalized spacial score (nSPS) is 12.2. The molecule has 1 atom stereocenters. The van der Waals surface area contributed by atoms with E-state index in [-0.39, 0.29) is 11.8 Å². The van der Waals surface area contributed by atoms with E-state index < -0.39 is 12.0 Å². The average Bonchev–Trinajstić information content (AvgIpc) is 2.76. The SMILES string of the molecule is O=NSCC(Nc1nc2ccccc2o1)C(=O)O. The van der Waals surface area contributed by atoms with Crippen LogP contribution < -0.4 is 5.32 Å². The van der Waals surface area contributed by atoms with Crippen LogP contribution >= 0.6 is 11.9 Å². The number of aromatic nitrogens is 1. The maximum Gasteiger partial charge on any atom is 0.327 e. The van der Waals surface area contributed by atoms with Crippen molar-refractivity contribution in [1.29, 1.82) is 0 Å². The first-order chi connectivity index (χ1) is 8.70. The highest BCUT2D eigenvalue weighted by Gasteiger charge is 2.20. The van der Waals surface area contributed by atoms with Crippen LogP contribution in [-0.4, -0.2) is 27.9 Å². The smallest absolute Gasteiger partial charge is 0.327 e. The summed E-state index contributed by atoms with van der Waals surface area (Å²) in [5.41, 5.74) is 1.19. The number of carbonyl (C=O) groups is 1. The van der Waals surface area contributed by atoms with Crippen LogP contribution in [0.15, 0.2) is 33.3 Å². The zero-order valence-corrected chi connectivity index (χ0v) is 9.88. The Morgan fingerprint density at radius 1 is 1.56 bits per heavy atom. The third-order valence-electron chi connectivity index (χ3n) is 2.18. The number of para-hydroxylation sites is 2. The fraction of sp³-hybridized carbons (Fsp3) is 0.200. The second kappa shape index (κ2) is 5.50. The van der Waals surface area contributed by atoms with E-state index in [9.17, 15) is 9.70 Å². The van der Waals surface area contributed by atoms with Crippen molar-refractivity contribution in [2.24, 2.45) is 4.58 Å². The predicted molar refractivity (Wildman–Crippen MR) is 67.3 cm³/mol. The van der Waals surface area contributed by atoms with Gasteiger partial charge in [-0.05, 0) is 12.1 Å². The van der Waals surface area contributed by atoms with Gasteiger partial charge < -0.3 is 14.8 Å². The fourth-order valence-corrected chi connectivity index (χ4v) is 1.80. The van der Waals surface area contributed by atoms with Crippen LogP contribution in [0.5, 0.6) is 0 Å². The number of hydrogen-bond acceptors (Lipinski definition) is 7. The summed E-state index contributed by atoms with van der Waals surface area (Å²) in [4.78, 5) is 25.0. The molecule has 0 saturated carbocycles. The monoisotopic (exact) mass is 267 g/mol. The lowest BCUT2D eigenvalue weighted by molar-refractivity contribution is -0.137. The number of carboxylic acids is 1. The first-order valence-corrected chi connectivity index (χ1v) is 5.94. The van der Waals surface area contributed by atoms with Crippen molar-refractivity contribution in [1.82, 2.24) is 4.98 Å². The summed E-state index contributed by atoms with van der Waals surface area (Å²) in [7, 11) is 0. The van der Waals surface area contributed by atoms with E-state index in [1.54, 1.807) is 24.3 Å². The summed E-state index contributed by atoms with van der Waals surface area (Å²) in [5, 5.41) is 11.6. The van der Waals surface area contributed by atoms with Gasteiger partial charge in [-0.3, -0.25) is 0 Å². The van der Waals surface area contributed by atoms with Crippen molar-refractivity contribution in [3.05, 3.63) is 29.2 Å². The molecule has 1 heterocycles. The summed E-state index contributed by atoms with van der Waals surface area (Å²) in [6, 6.07) is 6.19. The Balaban J connectivity index is 2.14. The van der Waals surface area contributed by atoms with Gasteiger partial charge in [0.1, 0.15) is 11.6 Å². The zero-order chi connectivity index (χ0) is 13.0. The maximum absolute atomic E-state index is 10.9. The van der Waals surface area contributed by atoms with Gasteiger partial charge in [0.25, 0.3) is 6.01 Å². The predicted octanol–water partition coefficient (Wildman–Crippen LogP) is 2.11. The molecule has 0 aliphatic carbocycles. The van der Waals surface area contributed by atoms with Crippen LogP contribution in [0, 0.1) is 4.91 Å². The molecule has 1 aromatic carbocycles. The molecule has 7 nitrogen and oxygen atoms in total. The first-order valence-electron chi connectivity index (χ1n) is 5.00. The van der Waals surface area contributed by atoms with Crippen LogP contribution in [0.4, 0.5) is 6.01 Å². The zero-order valence-electron chi connectivity index (χ0n) is 9.07. The molecular weight excluding hydrogens is 258 g/mol. The van der Waals surface area contributed by atoms with Gasteiger partial charge in [0, 0.05) is 22.3 Å². The minimum absolute atomic E-state index is 0.00242. The molecule has 2 N–H and O–H groups in total. The van der Waals surface area contributed by atoms with Gasteiger partial charge in [0.2, 0.25) is 0 Å². The summed E-state index contributed by atoms with van der Waals surface area (Å²) >= 11 is 0.627. The highest BCUT2D eigenvalue weighted by Crippen LogP contribution is 2.19. The summed E-state index contributed by atoms with van der Waals surface area (Å²) in [5.74, 6) is -1.11. The van der Waals surface area contributed by atoms with Crippen molar-refractivity contribution < 1.29 is 14.3 Å². The van der Waals surface area contributed by atoms with Gasteiger partial charge in [-0.1, -0.05) is 12.1 Å². The Morgan fingerprint density at radius 3 is 3.00 bits per heavy atom. The molecular formula is C10H9N3O4S. The molecule has 18 heavy (non-hydrogen) atoms. The fourth-order valence-electron chi connectivity index (χ4n) is 1.36. The molecule has 0 amide bonds. The topological polar surface area (TPSA) is 105 Å². The number of anilines is 1. The minimum atomic E-state index is -1.10. The molecule has 1 aromatic heterocycles. The quantitative estimate of drug-likeness (QED) is 0.610. The number of oxazole rings is 1. The highest BCUT2D eigenvalue weighted by molar-refractivity contribution is 7.97. The Morgan fingerprint density at radius 2 is 2.33 bits per heavy atom. The van der Waals surface area contributed by atoms with E-state index >= 15 is 0 Å². The van der Waals surface area contributed by atoms with E-state index in [1.807, 2.05) is 0 Å². The number of benzene rings is 1. The third-order valence-corrected chi connectivity index (χ3v) is 2.77. The Kier molecular flexibility index (Phi) is 3.78. The summed E-state index contributed by atoms with van der Waals surface area (Å²) < 4.78 is 7.88. The number of hydrogen-bond donors (Lipinski definition) is 2. The Labute approximate surface area is 106 Å². The number of rotatable bonds is 6. The van der Waals surface area contributed by atoms with Gasteiger partial charge >= 0.3 is 5.97 Å². The van der Waals surface area contributed by atoms with Gasteiger partial charge in [0.05, 0.1) is 0 Å². The molecule has 0 bridgehead atoms. The number of carboxylic acid groups (broad SMARTS) is 1. The number of nitrogens with zero attached hydrogens (tertiary/aromatic N) is 2. The largest absolute Gasteiger partial charge is 0.480 e. The van der Waals surface area contributed by atoms with Crippen molar-refractivity contribution in [3.8, 4) is 0 Å². The van der Waals surface area contributed by atoms with E-state index in [0.717, 1.165) is 0 Å². The molecule has 0 spiro atoms. The lowest BCUT2D eigenvalue weighted by Gasteiger charge is -2.09. The number of aliphatic carboxylic acids is 1. The molecule has 8 heteroatoms. The number of fused-ring (bicyclic) bond motifs is 1. The second-order valence-electron chi connectivity index (χ2n) is 3.39. The molecule has 1 unspecified atom stereocenters. The standard InChI is InChI=1S/C10H9N3O4S/c14-9(15)7(5-18-13-16)12-10-11-6-3-1-2-4-8(6)17-10/h1-4,7H,5H2,(H,11,12)(H,14,15). The molecule has 0 saturated heterocycles. The van der Waals surface area contributed by atoms with Gasteiger partial charge in [0.15, 0.2) is 5.58 Å². The van der Waals surface area contributed by atoms with Crippen molar-refractivity contribution in [2.75, 3.05) is 11.1 Å². The second-order valence-corrected chi connectivity index (χ2v) is 4.13. The molecule has 0 aliphatic rings. The van der Waals surface area contributed by atoms with Crippen LogP contribution in [0.3, 0.4) is 0 Å². The molecule has 0 aliphatic heterocycles. The van der Waals surface area contributed by atoms with E-state index in [0.29, 0.717) is 23.0 Å². The average molecular weight is 267 g/mol. The molecule has 0 fully saturated rings. The molecule has 94 valence electrons. The lowest BCUT2D eigenvalue weighted by atomic mass is 10.3.